The van der Waals surface area contributed by atoms with Crippen molar-refractivity contribution >= 4 is 41.8 Å². The number of anilines is 2. The minimum atomic E-state index is -4.94. The van der Waals surface area contributed by atoms with Gasteiger partial charge in [-0.05, 0) is 6.07 Å². The molecule has 4 aromatic heterocycles. The predicted octanol–water partition coefficient (Wildman–Crippen LogP) is -1.87. The summed E-state index contributed by atoms with van der Waals surface area (Å²) in [5, 5.41) is 31.5. The molecule has 19 nitrogen and oxygen atoms in total. The molecule has 0 aromatic carbocycles. The van der Waals surface area contributed by atoms with Gasteiger partial charge in [-0.25, -0.2) is 19.5 Å². The van der Waals surface area contributed by atoms with Crippen LogP contribution < -0.4 is 17.0 Å². The average molecular weight is 595 g/mol. The highest BCUT2D eigenvalue weighted by Crippen LogP contribution is 2.50. The lowest BCUT2D eigenvalue weighted by Crippen LogP contribution is -2.35. The number of nitrogens with two attached hydrogens (primary N) is 2. The summed E-state index contributed by atoms with van der Waals surface area (Å²) in [6.07, 6.45) is -4.31. The predicted molar refractivity (Wildman–Crippen MR) is 137 cm³/mol. The topological polar surface area (TPSA) is 281 Å². The van der Waals surface area contributed by atoms with Gasteiger partial charge in [0.15, 0.2) is 17.4 Å². The van der Waals surface area contributed by atoms with Crippen LogP contribution in [0.15, 0.2) is 29.7 Å². The van der Waals surface area contributed by atoms with E-state index in [2.05, 4.69) is 24.9 Å². The maximum absolute atomic E-state index is 13.0. The molecule has 0 spiro atoms. The van der Waals surface area contributed by atoms with E-state index in [0.717, 1.165) is 6.33 Å². The number of phosphoric acid groups is 1. The Hall–Kier alpha value is -3.52. The molecule has 0 bridgehead atoms. The van der Waals surface area contributed by atoms with E-state index < -0.39 is 69.6 Å². The Morgan fingerprint density at radius 1 is 1.15 bits per heavy atom. The van der Waals surface area contributed by atoms with Crippen LogP contribution in [0.1, 0.15) is 18.9 Å². The maximum atomic E-state index is 13.0. The van der Waals surface area contributed by atoms with Crippen LogP contribution in [0.3, 0.4) is 0 Å². The van der Waals surface area contributed by atoms with Crippen molar-refractivity contribution in [2.75, 3.05) is 24.7 Å². The number of aromatic nitrogens is 7. The van der Waals surface area contributed by atoms with Crippen molar-refractivity contribution < 1.29 is 43.3 Å². The number of hydrogen-bond donors (Lipinski definition) is 7. The van der Waals surface area contributed by atoms with Crippen molar-refractivity contribution in [3.05, 3.63) is 35.3 Å². The molecule has 6 rings (SSSR count). The SMILES string of the molecule is Nc1nc2c(ncn2[C@@H]2O[C@H](CO)C(O)[C@@H]2OP(=O)(O)OC[C@H]2O[C@@H](n3ccc4c(N)ncnc43)C[C@H]2O)c(=O)[nH]1. The molecule has 2 fully saturated rings. The molecule has 41 heavy (non-hydrogen) atoms. The maximum Gasteiger partial charge on any atom is 0.472 e. The number of nitrogens with zero attached hydrogens (tertiary/aromatic N) is 6. The van der Waals surface area contributed by atoms with Gasteiger partial charge < -0.3 is 45.7 Å². The smallest absolute Gasteiger partial charge is 0.394 e. The van der Waals surface area contributed by atoms with Crippen LogP contribution in [0.4, 0.5) is 11.8 Å². The van der Waals surface area contributed by atoms with Crippen LogP contribution in [-0.2, 0) is 23.1 Å². The molecule has 20 heteroatoms. The first-order chi connectivity index (χ1) is 19.6. The van der Waals surface area contributed by atoms with Gasteiger partial charge in [0.05, 0.1) is 31.0 Å². The van der Waals surface area contributed by atoms with Crippen LogP contribution in [0, 0.1) is 0 Å². The van der Waals surface area contributed by atoms with Crippen LogP contribution in [-0.4, -0.2) is 98.0 Å². The van der Waals surface area contributed by atoms with Gasteiger partial charge in [0.25, 0.3) is 5.56 Å². The Bertz CT molecular complexity index is 1690. The number of aliphatic hydroxyl groups excluding tert-OH is 3. The quantitative estimate of drug-likeness (QED) is 0.110. The van der Waals surface area contributed by atoms with Gasteiger partial charge in [0.1, 0.15) is 48.4 Å². The monoisotopic (exact) mass is 595 g/mol. The van der Waals surface area contributed by atoms with Gasteiger partial charge in [0, 0.05) is 12.6 Å². The van der Waals surface area contributed by atoms with Gasteiger partial charge in [-0.2, -0.15) is 4.98 Å². The molecule has 0 radical (unpaired) electrons. The highest BCUT2D eigenvalue weighted by Gasteiger charge is 2.49. The zero-order valence-corrected chi connectivity index (χ0v) is 21.9. The minimum Gasteiger partial charge on any atom is -0.394 e. The largest absolute Gasteiger partial charge is 0.472 e. The molecule has 2 aliphatic rings. The number of aliphatic hydroxyl groups is 3. The third-order valence-electron chi connectivity index (χ3n) is 6.93. The Morgan fingerprint density at radius 3 is 2.73 bits per heavy atom. The molecule has 2 saturated heterocycles. The number of H-pyrrole nitrogens is 1. The fourth-order valence-corrected chi connectivity index (χ4v) is 5.88. The zero-order valence-electron chi connectivity index (χ0n) is 21.0. The van der Waals surface area contributed by atoms with E-state index >= 15 is 0 Å². The van der Waals surface area contributed by atoms with Crippen molar-refractivity contribution in [3.8, 4) is 0 Å². The number of rotatable bonds is 8. The van der Waals surface area contributed by atoms with Crippen molar-refractivity contribution in [2.45, 2.75) is 49.4 Å². The molecule has 0 aliphatic carbocycles. The summed E-state index contributed by atoms with van der Waals surface area (Å²) in [6, 6.07) is 1.70. The van der Waals surface area contributed by atoms with E-state index in [0.29, 0.717) is 11.0 Å². The van der Waals surface area contributed by atoms with Gasteiger partial charge in [-0.1, -0.05) is 0 Å². The molecule has 0 saturated carbocycles. The van der Waals surface area contributed by atoms with E-state index in [1.54, 1.807) is 16.8 Å². The van der Waals surface area contributed by atoms with Crippen LogP contribution in [0.5, 0.6) is 0 Å². The summed E-state index contributed by atoms with van der Waals surface area (Å²) in [6.45, 7) is -1.22. The van der Waals surface area contributed by atoms with Crippen molar-refractivity contribution in [2.24, 2.45) is 0 Å². The number of phosphoric ester groups is 1. The van der Waals surface area contributed by atoms with E-state index in [4.69, 9.17) is 30.0 Å². The summed E-state index contributed by atoms with van der Waals surface area (Å²) in [5.41, 5.74) is 11.2. The first kappa shape index (κ1) is 27.6. The molecule has 2 unspecified atom stereocenters. The molecular weight excluding hydrogens is 569 g/mol. The molecular formula is C21H26N9O10P. The lowest BCUT2D eigenvalue weighted by molar-refractivity contribution is -0.0592. The second kappa shape index (κ2) is 10.4. The summed E-state index contributed by atoms with van der Waals surface area (Å²) in [7, 11) is -4.94. The lowest BCUT2D eigenvalue weighted by atomic mass is 10.1. The number of nitrogens with one attached hydrogen (secondary N) is 1. The Balaban J connectivity index is 1.17. The number of fused-ring (bicyclic) bond motifs is 2. The summed E-state index contributed by atoms with van der Waals surface area (Å²) < 4.78 is 37.7. The molecule has 4 aromatic rings. The average Bonchev–Trinajstić information content (AvgIpc) is 3.69. The van der Waals surface area contributed by atoms with E-state index in [1.165, 1.54) is 10.9 Å². The standard InChI is InChI=1S/C21H26N9O10P/c22-16-8-1-2-29(17(8)25-6-24-16)12-3-9(32)11(38-12)5-37-41(35,36)40-15-14(33)10(4-31)39-20(15)30-7-26-13-18(30)27-21(23)28-19(13)34/h1-2,6-7,9-12,14-15,20,31-33H,3-5H2,(H,35,36)(H2,22,24,25)(H3,23,27,28,34)/t9-,10-,11-,12-,14?,15+,20-/m1/s1. The van der Waals surface area contributed by atoms with E-state index in [1.807, 2.05) is 0 Å². The number of aromatic amines is 1. The number of imidazole rings is 1. The molecule has 220 valence electrons. The molecule has 6 heterocycles. The van der Waals surface area contributed by atoms with Gasteiger partial charge >= 0.3 is 7.82 Å². The molecule has 0 amide bonds. The Kier molecular flexibility index (Phi) is 7.00. The minimum absolute atomic E-state index is 0.0533. The summed E-state index contributed by atoms with van der Waals surface area (Å²) in [4.78, 5) is 41.1. The Morgan fingerprint density at radius 2 is 1.95 bits per heavy atom. The van der Waals surface area contributed by atoms with Crippen LogP contribution in [0.2, 0.25) is 0 Å². The normalized spacial score (nSPS) is 29.9. The summed E-state index contributed by atoms with van der Waals surface area (Å²) >= 11 is 0. The fourth-order valence-electron chi connectivity index (χ4n) is 4.95. The molecule has 8 atom stereocenters. The van der Waals surface area contributed by atoms with E-state index in [-0.39, 0.29) is 29.4 Å². The zero-order chi connectivity index (χ0) is 29.1. The second-order valence-corrected chi connectivity index (χ2v) is 10.9. The molecule has 2 aliphatic heterocycles. The second-order valence-electron chi connectivity index (χ2n) is 9.50. The number of hydrogen-bond acceptors (Lipinski definition) is 15. The third-order valence-corrected chi connectivity index (χ3v) is 7.91. The summed E-state index contributed by atoms with van der Waals surface area (Å²) in [5.74, 6) is 0.0486. The lowest BCUT2D eigenvalue weighted by Gasteiger charge is -2.25. The highest BCUT2D eigenvalue weighted by molar-refractivity contribution is 7.47. The van der Waals surface area contributed by atoms with Crippen molar-refractivity contribution in [1.29, 1.82) is 0 Å². The van der Waals surface area contributed by atoms with Gasteiger partial charge in [-0.15, -0.1) is 0 Å². The first-order valence-corrected chi connectivity index (χ1v) is 13.8. The first-order valence-electron chi connectivity index (χ1n) is 12.3. The van der Waals surface area contributed by atoms with Crippen LogP contribution >= 0.6 is 7.82 Å². The van der Waals surface area contributed by atoms with Crippen molar-refractivity contribution in [1.82, 2.24) is 34.1 Å². The van der Waals surface area contributed by atoms with E-state index in [9.17, 15) is 29.6 Å². The highest BCUT2D eigenvalue weighted by atomic mass is 31.2. The van der Waals surface area contributed by atoms with Crippen LogP contribution in [0.25, 0.3) is 22.2 Å². The Labute approximate surface area is 228 Å². The number of ether oxygens (including phenoxy) is 2. The van der Waals surface area contributed by atoms with Crippen molar-refractivity contribution in [3.63, 3.8) is 0 Å². The molecule has 9 N–H and O–H groups in total. The van der Waals surface area contributed by atoms with Gasteiger partial charge in [-0.3, -0.25) is 23.4 Å². The third kappa shape index (κ3) is 4.96. The fraction of sp³-hybridized carbons (Fsp3) is 0.476. The van der Waals surface area contributed by atoms with Gasteiger partial charge in [0.2, 0.25) is 5.95 Å². The number of nitrogen functional groups attached to an aromatic ring is 2.